The Hall–Kier alpha value is -3.08. The third-order valence-corrected chi connectivity index (χ3v) is 7.26. The number of pyridine rings is 1. The number of amides is 3. The van der Waals surface area contributed by atoms with E-state index in [1.165, 1.54) is 4.90 Å². The number of benzene rings is 2. The number of rotatable bonds is 11. The lowest BCUT2D eigenvalue weighted by Crippen LogP contribution is -2.60. The van der Waals surface area contributed by atoms with Crippen LogP contribution in [0.15, 0.2) is 67.0 Å². The average molecular weight is 633 g/mol. The molecule has 1 unspecified atom stereocenters. The summed E-state index contributed by atoms with van der Waals surface area (Å²) in [6, 6.07) is 16.0. The van der Waals surface area contributed by atoms with Gasteiger partial charge in [0.25, 0.3) is 0 Å². The predicted molar refractivity (Wildman–Crippen MR) is 173 cm³/mol. The summed E-state index contributed by atoms with van der Waals surface area (Å²) in [4.78, 5) is 46.6. The fourth-order valence-corrected chi connectivity index (χ4v) is 5.00. The van der Waals surface area contributed by atoms with Crippen LogP contribution in [0.3, 0.4) is 0 Å². The quantitative estimate of drug-likeness (QED) is 0.256. The maximum atomic E-state index is 13.8. The molecule has 0 saturated carbocycles. The van der Waals surface area contributed by atoms with Crippen LogP contribution < -0.4 is 16.0 Å². The molecule has 4 N–H and O–H groups in total. The zero-order chi connectivity index (χ0) is 29.4. The highest BCUT2D eigenvalue weighted by molar-refractivity contribution is 6.04. The molecule has 2 heterocycles. The van der Waals surface area contributed by atoms with E-state index in [1.54, 1.807) is 33.2 Å². The largest absolute Gasteiger partial charge is 0.390 e. The number of carbonyl (C=O) groups is 3. The Kier molecular flexibility index (Phi) is 14.0. The molecule has 1 saturated heterocycles. The minimum Gasteiger partial charge on any atom is -0.390 e. The molecule has 9 nitrogen and oxygen atoms in total. The van der Waals surface area contributed by atoms with Crippen molar-refractivity contribution in [3.8, 4) is 0 Å². The van der Waals surface area contributed by atoms with Crippen LogP contribution in [0.25, 0.3) is 10.8 Å². The molecule has 2 aromatic carbocycles. The standard InChI is InChI=1S/C32H41N5O4.2ClH/c1-32(2,3)31(41)37(30(40)27-11-7-15-35-27)28(17-22-12-13-24-9-4-5-10-25(24)16-22)29(39)36-21-26(38)20-34-19-23-8-6-14-33-18-23;;/h4-6,8-10,12-14,16,18,26-28,34-35,38H,7,11,15,17,19-21H2,1-3H3,(H,36,39);2*1H/t26?,27-,28+;;/m0../s1. The van der Waals surface area contributed by atoms with E-state index in [9.17, 15) is 19.5 Å². The van der Waals surface area contributed by atoms with Crippen molar-refractivity contribution in [1.29, 1.82) is 0 Å². The van der Waals surface area contributed by atoms with Gasteiger partial charge in [0.1, 0.15) is 6.04 Å². The summed E-state index contributed by atoms with van der Waals surface area (Å²) in [5.74, 6) is -1.27. The minimum atomic E-state index is -1.08. The molecule has 1 aliphatic rings. The Morgan fingerprint density at radius 2 is 1.77 bits per heavy atom. The van der Waals surface area contributed by atoms with Gasteiger partial charge in [-0.2, -0.15) is 0 Å². The highest BCUT2D eigenvalue weighted by Gasteiger charge is 2.42. The normalized spacial score (nSPS) is 16.0. The number of halogens is 2. The van der Waals surface area contributed by atoms with Crippen LogP contribution in [0, 0.1) is 5.41 Å². The zero-order valence-corrected chi connectivity index (χ0v) is 26.5. The van der Waals surface area contributed by atoms with E-state index in [-0.39, 0.29) is 50.2 Å². The number of aromatic nitrogens is 1. The van der Waals surface area contributed by atoms with Gasteiger partial charge in [-0.05, 0) is 47.4 Å². The van der Waals surface area contributed by atoms with Crippen LogP contribution in [-0.2, 0) is 27.3 Å². The van der Waals surface area contributed by atoms with Gasteiger partial charge in [-0.3, -0.25) is 24.3 Å². The molecule has 0 spiro atoms. The van der Waals surface area contributed by atoms with Crippen molar-refractivity contribution in [2.45, 2.75) is 64.8 Å². The van der Waals surface area contributed by atoms with Gasteiger partial charge in [0.05, 0.1) is 12.1 Å². The minimum absolute atomic E-state index is 0. The number of aliphatic hydroxyl groups excluding tert-OH is 1. The second kappa shape index (κ2) is 16.7. The van der Waals surface area contributed by atoms with Crippen molar-refractivity contribution in [1.82, 2.24) is 25.8 Å². The molecular weight excluding hydrogens is 589 g/mol. The van der Waals surface area contributed by atoms with Crippen molar-refractivity contribution < 1.29 is 19.5 Å². The summed E-state index contributed by atoms with van der Waals surface area (Å²) in [6.07, 6.45) is 4.17. The van der Waals surface area contributed by atoms with E-state index in [0.717, 1.165) is 28.3 Å². The van der Waals surface area contributed by atoms with Crippen molar-refractivity contribution in [3.05, 3.63) is 78.1 Å². The molecule has 234 valence electrons. The van der Waals surface area contributed by atoms with Crippen LogP contribution in [0.4, 0.5) is 0 Å². The smallest absolute Gasteiger partial charge is 0.247 e. The lowest BCUT2D eigenvalue weighted by Gasteiger charge is -2.35. The monoisotopic (exact) mass is 631 g/mol. The fraction of sp³-hybridized carbons (Fsp3) is 0.438. The van der Waals surface area contributed by atoms with Gasteiger partial charge in [-0.15, -0.1) is 24.8 Å². The third-order valence-electron chi connectivity index (χ3n) is 7.26. The van der Waals surface area contributed by atoms with Crippen molar-refractivity contribution in [2.24, 2.45) is 5.41 Å². The van der Waals surface area contributed by atoms with E-state index >= 15 is 0 Å². The second-order valence-corrected chi connectivity index (χ2v) is 11.7. The maximum absolute atomic E-state index is 13.8. The summed E-state index contributed by atoms with van der Waals surface area (Å²) >= 11 is 0. The van der Waals surface area contributed by atoms with Crippen LogP contribution >= 0.6 is 24.8 Å². The third kappa shape index (κ3) is 9.98. The second-order valence-electron chi connectivity index (χ2n) is 11.7. The highest BCUT2D eigenvalue weighted by Crippen LogP contribution is 2.25. The number of nitrogens with one attached hydrogen (secondary N) is 3. The van der Waals surface area contributed by atoms with Crippen LogP contribution in [0.1, 0.15) is 44.7 Å². The van der Waals surface area contributed by atoms with Gasteiger partial charge < -0.3 is 21.1 Å². The van der Waals surface area contributed by atoms with Gasteiger partial charge in [0, 0.05) is 43.9 Å². The van der Waals surface area contributed by atoms with Crippen molar-refractivity contribution in [3.63, 3.8) is 0 Å². The molecule has 0 bridgehead atoms. The first-order valence-corrected chi connectivity index (χ1v) is 14.3. The van der Waals surface area contributed by atoms with Crippen molar-refractivity contribution in [2.75, 3.05) is 19.6 Å². The highest BCUT2D eigenvalue weighted by atomic mass is 35.5. The summed E-state index contributed by atoms with van der Waals surface area (Å²) < 4.78 is 0. The molecular formula is C32H43Cl2N5O4. The summed E-state index contributed by atoms with van der Waals surface area (Å²) in [5.41, 5.74) is 0.933. The first-order chi connectivity index (χ1) is 19.6. The number of carbonyl (C=O) groups excluding carboxylic acids is 3. The van der Waals surface area contributed by atoms with E-state index in [0.29, 0.717) is 19.5 Å². The number of aliphatic hydroxyl groups is 1. The van der Waals surface area contributed by atoms with Crippen LogP contribution in [0.2, 0.25) is 0 Å². The molecule has 0 aliphatic carbocycles. The molecule has 1 aliphatic heterocycles. The van der Waals surface area contributed by atoms with E-state index in [2.05, 4.69) is 20.9 Å². The SMILES string of the molecule is CC(C)(C)C(=O)N(C(=O)[C@@H]1CCCN1)[C@H](Cc1ccc2ccccc2c1)C(=O)NCC(O)CNCc1cccnc1.Cl.Cl. The Morgan fingerprint density at radius 1 is 1.02 bits per heavy atom. The number of hydrogen-bond donors (Lipinski definition) is 4. The lowest BCUT2D eigenvalue weighted by atomic mass is 9.91. The van der Waals surface area contributed by atoms with Crippen LogP contribution in [0.5, 0.6) is 0 Å². The van der Waals surface area contributed by atoms with Gasteiger partial charge in [0.15, 0.2) is 0 Å². The fourth-order valence-electron chi connectivity index (χ4n) is 5.00. The number of nitrogens with zero attached hydrogens (tertiary/aromatic N) is 2. The number of hydrogen-bond acceptors (Lipinski definition) is 7. The first-order valence-electron chi connectivity index (χ1n) is 14.3. The van der Waals surface area contributed by atoms with Gasteiger partial charge in [-0.25, -0.2) is 0 Å². The van der Waals surface area contributed by atoms with E-state index in [1.807, 2.05) is 54.6 Å². The molecule has 0 radical (unpaired) electrons. The van der Waals surface area contributed by atoms with Gasteiger partial charge >= 0.3 is 0 Å². The molecule has 1 fully saturated rings. The molecule has 3 aromatic rings. The molecule has 11 heteroatoms. The van der Waals surface area contributed by atoms with Crippen molar-refractivity contribution >= 4 is 53.3 Å². The van der Waals surface area contributed by atoms with E-state index < -0.39 is 35.4 Å². The van der Waals surface area contributed by atoms with Gasteiger partial charge in [0.2, 0.25) is 17.7 Å². The maximum Gasteiger partial charge on any atom is 0.247 e. The Labute approximate surface area is 266 Å². The summed E-state index contributed by atoms with van der Waals surface area (Å²) in [7, 11) is 0. The molecule has 1 aromatic heterocycles. The van der Waals surface area contributed by atoms with Gasteiger partial charge in [-0.1, -0.05) is 69.3 Å². The molecule has 4 rings (SSSR count). The molecule has 3 amide bonds. The van der Waals surface area contributed by atoms with E-state index in [4.69, 9.17) is 0 Å². The summed E-state index contributed by atoms with van der Waals surface area (Å²) in [6.45, 7) is 6.69. The summed E-state index contributed by atoms with van der Waals surface area (Å²) in [5, 5.41) is 21.8. The number of fused-ring (bicyclic) bond motifs is 1. The topological polar surface area (TPSA) is 124 Å². The predicted octanol–water partition coefficient (Wildman–Crippen LogP) is 3.41. The Morgan fingerprint density at radius 3 is 2.42 bits per heavy atom. The zero-order valence-electron chi connectivity index (χ0n) is 24.9. The molecule has 3 atom stereocenters. The first kappa shape index (κ1) is 36.1. The number of imide groups is 1. The Bertz CT molecular complexity index is 1350. The molecule has 43 heavy (non-hydrogen) atoms. The average Bonchev–Trinajstić information content (AvgIpc) is 3.51. The lowest BCUT2D eigenvalue weighted by molar-refractivity contribution is -0.157. The Balaban J connectivity index is 0.00000323. The van der Waals surface area contributed by atoms with Crippen LogP contribution in [-0.4, -0.2) is 70.5 Å².